The van der Waals surface area contributed by atoms with Crippen LogP contribution in [0.1, 0.15) is 21.5 Å². The molecule has 1 N–H and O–H groups in total. The quantitative estimate of drug-likeness (QED) is 0.644. The van der Waals surface area contributed by atoms with Gasteiger partial charge in [-0.1, -0.05) is 29.8 Å². The average molecular weight is 381 g/mol. The first-order valence-electron chi connectivity index (χ1n) is 8.33. The van der Waals surface area contributed by atoms with Crippen molar-refractivity contribution in [1.82, 2.24) is 10.3 Å². The molecule has 0 aliphatic heterocycles. The molecule has 27 heavy (non-hydrogen) atoms. The Morgan fingerprint density at radius 3 is 2.48 bits per heavy atom. The molecule has 138 valence electrons. The van der Waals surface area contributed by atoms with Crippen molar-refractivity contribution < 1.29 is 13.2 Å². The fourth-order valence-electron chi connectivity index (χ4n) is 2.59. The predicted octanol–water partition coefficient (Wildman–Crippen LogP) is 2.98. The first kappa shape index (κ1) is 18.6. The molecule has 0 aliphatic rings. The summed E-state index contributed by atoms with van der Waals surface area (Å²) in [6.45, 7) is 2.27. The van der Waals surface area contributed by atoms with E-state index >= 15 is 0 Å². The fraction of sp³-hybridized carbons (Fsp3) is 0.100. The average Bonchev–Trinajstić information content (AvgIpc) is 2.68. The van der Waals surface area contributed by atoms with Gasteiger partial charge in [-0.15, -0.1) is 0 Å². The van der Waals surface area contributed by atoms with E-state index in [1.54, 1.807) is 54.9 Å². The van der Waals surface area contributed by atoms with Crippen LogP contribution in [0.15, 0.2) is 73.1 Å². The van der Waals surface area contributed by atoms with Crippen molar-refractivity contribution in [3.8, 4) is 0 Å². The van der Waals surface area contributed by atoms with E-state index in [9.17, 15) is 13.2 Å². The van der Waals surface area contributed by atoms with Gasteiger partial charge < -0.3 is 5.32 Å². The van der Waals surface area contributed by atoms with Crippen LogP contribution >= 0.6 is 0 Å². The number of pyridine rings is 1. The predicted molar refractivity (Wildman–Crippen MR) is 105 cm³/mol. The second-order valence-electron chi connectivity index (χ2n) is 5.98. The number of rotatable bonds is 6. The summed E-state index contributed by atoms with van der Waals surface area (Å²) in [6.07, 6.45) is 3.34. The van der Waals surface area contributed by atoms with Gasteiger partial charge in [-0.25, -0.2) is 12.7 Å². The molecule has 1 heterocycles. The zero-order valence-corrected chi connectivity index (χ0v) is 15.6. The third kappa shape index (κ3) is 4.71. The minimum atomic E-state index is -2.91. The van der Waals surface area contributed by atoms with Crippen molar-refractivity contribution in [3.63, 3.8) is 0 Å². The maximum Gasteiger partial charge on any atom is 0.251 e. The first-order chi connectivity index (χ1) is 13.0. The summed E-state index contributed by atoms with van der Waals surface area (Å²) in [7, 11) is -2.91. The lowest BCUT2D eigenvalue weighted by Gasteiger charge is -2.18. The number of hydrogen-bond donors (Lipinski definition) is 2. The Morgan fingerprint density at radius 2 is 1.81 bits per heavy atom. The summed E-state index contributed by atoms with van der Waals surface area (Å²) in [5, 5.41) is 2.81. The van der Waals surface area contributed by atoms with E-state index in [2.05, 4.69) is 10.3 Å². The van der Waals surface area contributed by atoms with Crippen LogP contribution in [-0.4, -0.2) is 19.3 Å². The SMILES string of the molecule is Cc1ccc(N(c2cccc(C(=O)NCc3cccnc3)c2)[SH](=O)=O)cc1. The Hall–Kier alpha value is -3.19. The largest absolute Gasteiger partial charge is 0.348 e. The van der Waals surface area contributed by atoms with E-state index < -0.39 is 10.9 Å². The number of nitrogens with one attached hydrogen (secondary N) is 1. The Labute approximate surface area is 159 Å². The molecule has 0 saturated heterocycles. The van der Waals surface area contributed by atoms with Crippen LogP contribution in [0, 0.1) is 6.92 Å². The van der Waals surface area contributed by atoms with Gasteiger partial charge in [-0.3, -0.25) is 9.78 Å². The van der Waals surface area contributed by atoms with Gasteiger partial charge in [0.25, 0.3) is 5.91 Å². The molecule has 7 heteroatoms. The van der Waals surface area contributed by atoms with Gasteiger partial charge in [-0.05, 0) is 48.9 Å². The Morgan fingerprint density at radius 1 is 1.04 bits per heavy atom. The number of amides is 1. The lowest BCUT2D eigenvalue weighted by Crippen LogP contribution is -2.23. The third-order valence-electron chi connectivity index (χ3n) is 3.97. The number of nitrogens with zero attached hydrogens (tertiary/aromatic N) is 2. The molecule has 3 aromatic rings. The van der Waals surface area contributed by atoms with Crippen LogP contribution in [-0.2, 0) is 17.4 Å². The second-order valence-corrected chi connectivity index (χ2v) is 6.86. The number of carbonyl (C=O) groups excluding carboxylic acids is 1. The number of thiol groups is 1. The van der Waals surface area contributed by atoms with Gasteiger partial charge in [0.15, 0.2) is 0 Å². The number of benzene rings is 2. The van der Waals surface area contributed by atoms with Crippen molar-refractivity contribution in [2.45, 2.75) is 13.5 Å². The third-order valence-corrected chi connectivity index (χ3v) is 4.76. The van der Waals surface area contributed by atoms with Gasteiger partial charge in [0.1, 0.15) is 0 Å². The summed E-state index contributed by atoms with van der Waals surface area (Å²) in [4.78, 5) is 16.4. The molecule has 1 aromatic heterocycles. The maximum atomic E-state index is 12.4. The zero-order valence-electron chi connectivity index (χ0n) is 14.7. The number of carbonyl (C=O) groups is 1. The van der Waals surface area contributed by atoms with Gasteiger partial charge in [0.05, 0.1) is 11.4 Å². The topological polar surface area (TPSA) is 79.4 Å². The van der Waals surface area contributed by atoms with E-state index in [4.69, 9.17) is 0 Å². The summed E-state index contributed by atoms with van der Waals surface area (Å²) in [6, 6.07) is 17.3. The molecule has 0 fully saturated rings. The van der Waals surface area contributed by atoms with Crippen molar-refractivity contribution in [2.75, 3.05) is 4.31 Å². The Bertz CT molecular complexity index is 994. The Balaban J connectivity index is 1.82. The van der Waals surface area contributed by atoms with Gasteiger partial charge in [0, 0.05) is 24.5 Å². The molecule has 3 rings (SSSR count). The minimum Gasteiger partial charge on any atom is -0.348 e. The van der Waals surface area contributed by atoms with Crippen LogP contribution in [0.2, 0.25) is 0 Å². The molecule has 0 radical (unpaired) electrons. The molecular formula is C20H19N3O3S. The highest BCUT2D eigenvalue weighted by Crippen LogP contribution is 2.26. The standard InChI is InChI=1S/C20H19N3O3S/c1-15-7-9-18(10-8-15)23(27(25)26)19-6-2-5-17(12-19)20(24)22-14-16-4-3-11-21-13-16/h2-13,27H,14H2,1H3,(H,22,24). The molecule has 0 bridgehead atoms. The van der Waals surface area contributed by atoms with E-state index in [0.29, 0.717) is 23.5 Å². The smallest absolute Gasteiger partial charge is 0.251 e. The number of aryl methyl sites for hydroxylation is 1. The maximum absolute atomic E-state index is 12.4. The van der Waals surface area contributed by atoms with Crippen LogP contribution in [0.5, 0.6) is 0 Å². The number of hydrogen-bond acceptors (Lipinski definition) is 4. The number of aromatic nitrogens is 1. The van der Waals surface area contributed by atoms with E-state index in [0.717, 1.165) is 11.1 Å². The van der Waals surface area contributed by atoms with Crippen molar-refractivity contribution in [1.29, 1.82) is 0 Å². The molecule has 0 spiro atoms. The van der Waals surface area contributed by atoms with Crippen molar-refractivity contribution >= 4 is 28.2 Å². The van der Waals surface area contributed by atoms with Gasteiger partial charge in [-0.2, -0.15) is 0 Å². The van der Waals surface area contributed by atoms with Crippen LogP contribution in [0.3, 0.4) is 0 Å². The molecule has 0 unspecified atom stereocenters. The summed E-state index contributed by atoms with van der Waals surface area (Å²) in [5.41, 5.74) is 3.22. The molecule has 6 nitrogen and oxygen atoms in total. The molecule has 0 atom stereocenters. The minimum absolute atomic E-state index is 0.286. The highest BCUT2D eigenvalue weighted by molar-refractivity contribution is 7.74. The zero-order chi connectivity index (χ0) is 19.2. The van der Waals surface area contributed by atoms with Crippen LogP contribution in [0.25, 0.3) is 0 Å². The van der Waals surface area contributed by atoms with E-state index in [1.165, 1.54) is 4.31 Å². The molecule has 0 aliphatic carbocycles. The lowest BCUT2D eigenvalue weighted by atomic mass is 10.1. The highest BCUT2D eigenvalue weighted by Gasteiger charge is 2.14. The Kier molecular flexibility index (Phi) is 5.83. The summed E-state index contributed by atoms with van der Waals surface area (Å²) in [5.74, 6) is -0.286. The highest BCUT2D eigenvalue weighted by atomic mass is 32.2. The van der Waals surface area contributed by atoms with E-state index in [-0.39, 0.29) is 5.91 Å². The summed E-state index contributed by atoms with van der Waals surface area (Å²) >= 11 is 0. The van der Waals surface area contributed by atoms with Crippen molar-refractivity contribution in [2.24, 2.45) is 0 Å². The molecular weight excluding hydrogens is 362 g/mol. The lowest BCUT2D eigenvalue weighted by molar-refractivity contribution is 0.0951. The molecule has 1 amide bonds. The fourth-order valence-corrected chi connectivity index (χ4v) is 3.22. The second kappa shape index (κ2) is 8.46. The van der Waals surface area contributed by atoms with Crippen molar-refractivity contribution in [3.05, 3.63) is 89.7 Å². The number of anilines is 2. The van der Waals surface area contributed by atoms with E-state index in [1.807, 2.05) is 25.1 Å². The van der Waals surface area contributed by atoms with Gasteiger partial charge >= 0.3 is 0 Å². The molecule has 2 aromatic carbocycles. The van der Waals surface area contributed by atoms with Gasteiger partial charge in [0.2, 0.25) is 10.9 Å². The monoisotopic (exact) mass is 381 g/mol. The van der Waals surface area contributed by atoms with Crippen LogP contribution in [0.4, 0.5) is 11.4 Å². The van der Waals surface area contributed by atoms with Crippen LogP contribution < -0.4 is 9.62 Å². The first-order valence-corrected chi connectivity index (χ1v) is 9.46. The normalized spacial score (nSPS) is 10.6. The molecule has 0 saturated carbocycles. The summed E-state index contributed by atoms with van der Waals surface area (Å²) < 4.78 is 24.9.